The molecule has 0 saturated heterocycles. The highest BCUT2D eigenvalue weighted by molar-refractivity contribution is 5.75. The van der Waals surface area contributed by atoms with Crippen LogP contribution < -0.4 is 5.32 Å². The Labute approximate surface area is 134 Å². The highest BCUT2D eigenvalue weighted by Crippen LogP contribution is 2.27. The van der Waals surface area contributed by atoms with Gasteiger partial charge in [0.15, 0.2) is 0 Å². The molecule has 2 aromatic carbocycles. The van der Waals surface area contributed by atoms with Crippen LogP contribution in [0, 0.1) is 6.92 Å². The largest absolute Gasteiger partial charge is 0.381 e. The molecule has 2 aromatic rings. The summed E-state index contributed by atoms with van der Waals surface area (Å²) < 4.78 is 0. The summed E-state index contributed by atoms with van der Waals surface area (Å²) in [7, 11) is 0. The average molecular weight is 291 g/mol. The quantitative estimate of drug-likeness (QED) is 0.761. The van der Waals surface area contributed by atoms with Crippen LogP contribution in [-0.2, 0) is 0 Å². The Morgan fingerprint density at radius 2 is 1.59 bits per heavy atom. The molecule has 1 N–H and O–H groups in total. The Balaban J connectivity index is 0.000000847. The Morgan fingerprint density at radius 1 is 0.864 bits per heavy atom. The molecule has 22 heavy (non-hydrogen) atoms. The molecule has 0 fully saturated rings. The van der Waals surface area contributed by atoms with E-state index >= 15 is 0 Å². The van der Waals surface area contributed by atoms with Crippen LogP contribution in [0.3, 0.4) is 0 Å². The van der Waals surface area contributed by atoms with E-state index in [-0.39, 0.29) is 0 Å². The standard InChI is InChI=1S/C19H19N.C2H6/c1-14-10-11-20-19(12-14)18-13-17(9-8-15(18)2)16-6-4-3-5-7-16;1-2/h3-10,12-13,20H,11H2,1-2H3;1-2H3. The zero-order chi connectivity index (χ0) is 15.9. The number of allylic oxidation sites excluding steroid dienone is 2. The predicted octanol–water partition coefficient (Wildman–Crippen LogP) is 5.58. The van der Waals surface area contributed by atoms with E-state index in [1.807, 2.05) is 13.8 Å². The van der Waals surface area contributed by atoms with Gasteiger partial charge in [0.05, 0.1) is 0 Å². The number of aryl methyl sites for hydroxylation is 1. The molecule has 0 amide bonds. The van der Waals surface area contributed by atoms with Crippen LogP contribution in [0.4, 0.5) is 0 Å². The Bertz CT molecular complexity index is 678. The number of benzene rings is 2. The van der Waals surface area contributed by atoms with Crippen LogP contribution in [0.1, 0.15) is 31.9 Å². The van der Waals surface area contributed by atoms with Gasteiger partial charge in [-0.25, -0.2) is 0 Å². The second-order valence-electron chi connectivity index (χ2n) is 5.28. The lowest BCUT2D eigenvalue weighted by Gasteiger charge is -2.17. The summed E-state index contributed by atoms with van der Waals surface area (Å²) in [5.74, 6) is 0. The van der Waals surface area contributed by atoms with Gasteiger partial charge in [0.2, 0.25) is 0 Å². The van der Waals surface area contributed by atoms with Gasteiger partial charge < -0.3 is 5.32 Å². The molecule has 114 valence electrons. The van der Waals surface area contributed by atoms with E-state index < -0.39 is 0 Å². The molecule has 0 aromatic heterocycles. The van der Waals surface area contributed by atoms with Crippen molar-refractivity contribution >= 4 is 5.70 Å². The lowest BCUT2D eigenvalue weighted by atomic mass is 9.96. The van der Waals surface area contributed by atoms with Crippen LogP contribution >= 0.6 is 0 Å². The third kappa shape index (κ3) is 3.67. The molecule has 0 spiro atoms. The first kappa shape index (κ1) is 16.1. The molecule has 1 aliphatic rings. The number of hydrogen-bond acceptors (Lipinski definition) is 1. The van der Waals surface area contributed by atoms with E-state index in [0.29, 0.717) is 0 Å². The van der Waals surface area contributed by atoms with Crippen molar-refractivity contribution in [1.29, 1.82) is 0 Å². The van der Waals surface area contributed by atoms with Gasteiger partial charge in [0.1, 0.15) is 0 Å². The van der Waals surface area contributed by atoms with Crippen LogP contribution in [-0.4, -0.2) is 6.54 Å². The summed E-state index contributed by atoms with van der Waals surface area (Å²) in [6, 6.07) is 17.2. The predicted molar refractivity (Wildman–Crippen MR) is 97.7 cm³/mol. The number of dihydropyridines is 1. The summed E-state index contributed by atoms with van der Waals surface area (Å²) >= 11 is 0. The fourth-order valence-corrected chi connectivity index (χ4v) is 2.55. The van der Waals surface area contributed by atoms with Crippen molar-refractivity contribution < 1.29 is 0 Å². The van der Waals surface area contributed by atoms with Crippen molar-refractivity contribution in [1.82, 2.24) is 5.32 Å². The summed E-state index contributed by atoms with van der Waals surface area (Å²) in [6.07, 6.45) is 4.43. The van der Waals surface area contributed by atoms with Crippen LogP contribution in [0.5, 0.6) is 0 Å². The van der Waals surface area contributed by atoms with Gasteiger partial charge in [0, 0.05) is 17.8 Å². The number of hydrogen-bond donors (Lipinski definition) is 1. The van der Waals surface area contributed by atoms with Gasteiger partial charge in [-0.15, -0.1) is 0 Å². The summed E-state index contributed by atoms with van der Waals surface area (Å²) in [6.45, 7) is 9.23. The van der Waals surface area contributed by atoms with Crippen LogP contribution in [0.15, 0.2) is 66.3 Å². The molecular formula is C21H25N. The summed E-state index contributed by atoms with van der Waals surface area (Å²) in [4.78, 5) is 0. The summed E-state index contributed by atoms with van der Waals surface area (Å²) in [5, 5.41) is 3.47. The van der Waals surface area contributed by atoms with E-state index in [9.17, 15) is 0 Å². The maximum atomic E-state index is 3.47. The van der Waals surface area contributed by atoms with Gasteiger partial charge in [-0.2, -0.15) is 0 Å². The Hall–Kier alpha value is -2.28. The van der Waals surface area contributed by atoms with Gasteiger partial charge in [-0.05, 0) is 42.7 Å². The first-order valence-corrected chi connectivity index (χ1v) is 8.03. The fraction of sp³-hybridized carbons (Fsp3) is 0.238. The van der Waals surface area contributed by atoms with Gasteiger partial charge >= 0.3 is 0 Å². The fourth-order valence-electron chi connectivity index (χ4n) is 2.55. The minimum absolute atomic E-state index is 0.909. The third-order valence-corrected chi connectivity index (χ3v) is 3.72. The molecular weight excluding hydrogens is 266 g/mol. The molecule has 0 atom stereocenters. The van der Waals surface area contributed by atoms with Crippen molar-refractivity contribution in [2.45, 2.75) is 27.7 Å². The average Bonchev–Trinajstić information content (AvgIpc) is 2.58. The van der Waals surface area contributed by atoms with Crippen molar-refractivity contribution in [3.8, 4) is 11.1 Å². The van der Waals surface area contributed by atoms with E-state index in [0.717, 1.165) is 6.54 Å². The van der Waals surface area contributed by atoms with Gasteiger partial charge in [-0.3, -0.25) is 0 Å². The molecule has 1 aliphatic heterocycles. The van der Waals surface area contributed by atoms with Crippen molar-refractivity contribution in [3.05, 3.63) is 77.4 Å². The molecule has 0 saturated carbocycles. The Kier molecular flexibility index (Phi) is 5.60. The zero-order valence-corrected chi connectivity index (χ0v) is 14.0. The lowest BCUT2D eigenvalue weighted by molar-refractivity contribution is 0.979. The van der Waals surface area contributed by atoms with Crippen molar-refractivity contribution in [2.24, 2.45) is 0 Å². The van der Waals surface area contributed by atoms with E-state index in [1.54, 1.807) is 0 Å². The van der Waals surface area contributed by atoms with E-state index in [4.69, 9.17) is 0 Å². The highest BCUT2D eigenvalue weighted by atomic mass is 14.9. The van der Waals surface area contributed by atoms with E-state index in [2.05, 4.69) is 79.8 Å². The maximum absolute atomic E-state index is 3.47. The maximum Gasteiger partial charge on any atom is 0.0421 e. The van der Waals surface area contributed by atoms with Gasteiger partial charge in [-0.1, -0.05) is 68.0 Å². The van der Waals surface area contributed by atoms with E-state index in [1.165, 1.54) is 33.5 Å². The number of rotatable bonds is 2. The minimum Gasteiger partial charge on any atom is -0.381 e. The second-order valence-corrected chi connectivity index (χ2v) is 5.28. The van der Waals surface area contributed by atoms with Gasteiger partial charge in [0.25, 0.3) is 0 Å². The molecule has 0 unspecified atom stereocenters. The molecule has 0 radical (unpaired) electrons. The molecule has 0 aliphatic carbocycles. The second kappa shape index (κ2) is 7.65. The molecule has 3 rings (SSSR count). The molecule has 1 heterocycles. The first-order valence-electron chi connectivity index (χ1n) is 8.03. The SMILES string of the molecule is CC.CC1=CCNC(c2cc(-c3ccccc3)ccc2C)=C1. The molecule has 0 bridgehead atoms. The lowest BCUT2D eigenvalue weighted by Crippen LogP contribution is -2.16. The van der Waals surface area contributed by atoms with Crippen molar-refractivity contribution in [3.63, 3.8) is 0 Å². The van der Waals surface area contributed by atoms with Crippen molar-refractivity contribution in [2.75, 3.05) is 6.54 Å². The monoisotopic (exact) mass is 291 g/mol. The molecule has 1 nitrogen and oxygen atoms in total. The smallest absolute Gasteiger partial charge is 0.0421 e. The zero-order valence-electron chi connectivity index (χ0n) is 14.0. The highest BCUT2D eigenvalue weighted by Gasteiger charge is 2.09. The van der Waals surface area contributed by atoms with Crippen LogP contribution in [0.2, 0.25) is 0 Å². The minimum atomic E-state index is 0.909. The summed E-state index contributed by atoms with van der Waals surface area (Å²) in [5.41, 5.74) is 7.67. The first-order chi connectivity index (χ1) is 10.7. The molecule has 1 heteroatoms. The third-order valence-electron chi connectivity index (χ3n) is 3.72. The Morgan fingerprint density at radius 3 is 2.27 bits per heavy atom. The topological polar surface area (TPSA) is 12.0 Å². The number of nitrogens with one attached hydrogen (secondary N) is 1. The van der Waals surface area contributed by atoms with Crippen LogP contribution in [0.25, 0.3) is 16.8 Å². The normalized spacial score (nSPS) is 13.3.